The van der Waals surface area contributed by atoms with Gasteiger partial charge in [0.2, 0.25) is 0 Å². The summed E-state index contributed by atoms with van der Waals surface area (Å²) in [7, 11) is 0. The fourth-order valence-corrected chi connectivity index (χ4v) is 4.37. The number of aromatic nitrogens is 3. The number of carbonyl (C=O) groups excluding carboxylic acids is 1. The normalized spacial score (nSPS) is 20.1. The van der Waals surface area contributed by atoms with Gasteiger partial charge < -0.3 is 4.90 Å². The van der Waals surface area contributed by atoms with E-state index < -0.39 is 0 Å². The van der Waals surface area contributed by atoms with E-state index in [-0.39, 0.29) is 23.8 Å². The predicted octanol–water partition coefficient (Wildman–Crippen LogP) is 3.89. The quantitative estimate of drug-likeness (QED) is 0.683. The smallest absolute Gasteiger partial charge is 0.256 e. The number of carbonyl (C=O) groups is 1. The molecule has 140 valence electrons. The van der Waals surface area contributed by atoms with Crippen molar-refractivity contribution in [3.8, 4) is 11.4 Å². The van der Waals surface area contributed by atoms with Crippen LogP contribution in [0.25, 0.3) is 11.4 Å². The lowest BCUT2D eigenvalue weighted by Crippen LogP contribution is -2.42. The van der Waals surface area contributed by atoms with Crippen LogP contribution >= 0.6 is 0 Å². The second-order valence-electron chi connectivity index (χ2n) is 7.40. The molecule has 0 saturated carbocycles. The van der Waals surface area contributed by atoms with Gasteiger partial charge in [-0.15, -0.1) is 0 Å². The molecule has 1 aromatic carbocycles. The topological polar surface area (TPSA) is 59.0 Å². The average Bonchev–Trinajstić information content (AvgIpc) is 3.03. The minimum Gasteiger partial charge on any atom is -0.328 e. The minimum absolute atomic E-state index is 0.00289. The van der Waals surface area contributed by atoms with Crippen molar-refractivity contribution in [3.05, 3.63) is 77.1 Å². The molecule has 3 aromatic rings. The van der Waals surface area contributed by atoms with E-state index in [0.717, 1.165) is 35.4 Å². The van der Waals surface area contributed by atoms with E-state index in [9.17, 15) is 9.18 Å². The molecule has 5 rings (SSSR count). The Morgan fingerprint density at radius 1 is 1.14 bits per heavy atom. The van der Waals surface area contributed by atoms with E-state index in [4.69, 9.17) is 4.98 Å². The minimum atomic E-state index is -0.278. The van der Waals surface area contributed by atoms with Gasteiger partial charge in [-0.25, -0.2) is 14.4 Å². The zero-order chi connectivity index (χ0) is 19.3. The zero-order valence-electron chi connectivity index (χ0n) is 15.5. The number of fused-ring (bicyclic) bond motifs is 4. The van der Waals surface area contributed by atoms with Crippen LogP contribution in [-0.4, -0.2) is 31.8 Å². The third kappa shape index (κ3) is 2.68. The first-order valence-electron chi connectivity index (χ1n) is 9.48. The molecule has 2 aliphatic heterocycles. The van der Waals surface area contributed by atoms with Crippen molar-refractivity contribution in [1.29, 1.82) is 0 Å². The summed E-state index contributed by atoms with van der Waals surface area (Å²) in [6, 6.07) is 10.00. The molecule has 0 unspecified atom stereocenters. The summed E-state index contributed by atoms with van der Waals surface area (Å²) in [6.07, 6.45) is 6.13. The Morgan fingerprint density at radius 2 is 1.96 bits per heavy atom. The van der Waals surface area contributed by atoms with E-state index in [2.05, 4.69) is 9.97 Å². The molecule has 2 bridgehead atoms. The first kappa shape index (κ1) is 17.0. The van der Waals surface area contributed by atoms with E-state index in [1.165, 1.54) is 12.1 Å². The molecule has 1 amide bonds. The predicted molar refractivity (Wildman–Crippen MR) is 102 cm³/mol. The Bertz CT molecular complexity index is 1070. The molecule has 28 heavy (non-hydrogen) atoms. The van der Waals surface area contributed by atoms with Gasteiger partial charge in [-0.05, 0) is 56.2 Å². The molecule has 2 atom stereocenters. The summed E-state index contributed by atoms with van der Waals surface area (Å²) < 4.78 is 13.2. The number of amides is 1. The highest BCUT2D eigenvalue weighted by molar-refractivity contribution is 5.96. The maximum absolute atomic E-state index is 13.2. The molecule has 2 aliphatic rings. The Morgan fingerprint density at radius 3 is 2.75 bits per heavy atom. The fraction of sp³-hybridized carbons (Fsp3) is 0.273. The van der Waals surface area contributed by atoms with Gasteiger partial charge in [-0.3, -0.25) is 9.78 Å². The number of hydrogen-bond donors (Lipinski definition) is 0. The number of halogens is 1. The van der Waals surface area contributed by atoms with Crippen LogP contribution in [0.5, 0.6) is 0 Å². The summed E-state index contributed by atoms with van der Waals surface area (Å²) >= 11 is 0. The average molecular weight is 374 g/mol. The third-order valence-corrected chi connectivity index (χ3v) is 5.76. The highest BCUT2D eigenvalue weighted by atomic mass is 19.1. The van der Waals surface area contributed by atoms with Crippen molar-refractivity contribution in [3.63, 3.8) is 0 Å². The number of rotatable bonds is 2. The number of aryl methyl sites for hydroxylation is 1. The lowest BCUT2D eigenvalue weighted by Gasteiger charge is -2.36. The fourth-order valence-electron chi connectivity index (χ4n) is 4.37. The van der Waals surface area contributed by atoms with Crippen LogP contribution in [0.3, 0.4) is 0 Å². The lowest BCUT2D eigenvalue weighted by atomic mass is 9.97. The largest absolute Gasteiger partial charge is 0.328 e. The molecular formula is C22H19FN4O. The molecule has 4 heterocycles. The van der Waals surface area contributed by atoms with E-state index in [0.29, 0.717) is 17.8 Å². The van der Waals surface area contributed by atoms with Crippen molar-refractivity contribution < 1.29 is 9.18 Å². The van der Waals surface area contributed by atoms with Gasteiger partial charge in [0.05, 0.1) is 17.3 Å². The first-order valence-corrected chi connectivity index (χ1v) is 9.48. The standard InChI is InChI=1S/C22H19FN4O/c1-13-17(3-2-10-24-13)22(28)27-16-8-9-20(27)18-12-25-21(26-19(18)11-16)14-4-6-15(23)7-5-14/h2-7,10,12,16,20H,8-9,11H2,1H3/t16-,20+/m0/s1. The van der Waals surface area contributed by atoms with Gasteiger partial charge in [0.25, 0.3) is 5.91 Å². The first-order chi connectivity index (χ1) is 13.6. The van der Waals surface area contributed by atoms with E-state index in [1.807, 2.05) is 24.1 Å². The van der Waals surface area contributed by atoms with Crippen LogP contribution in [0.4, 0.5) is 4.39 Å². The van der Waals surface area contributed by atoms with Crippen LogP contribution < -0.4 is 0 Å². The maximum atomic E-state index is 13.2. The van der Waals surface area contributed by atoms with Crippen molar-refractivity contribution in [1.82, 2.24) is 19.9 Å². The molecule has 2 aromatic heterocycles. The van der Waals surface area contributed by atoms with Crippen LogP contribution in [0.15, 0.2) is 48.8 Å². The van der Waals surface area contributed by atoms with Crippen LogP contribution in [0.1, 0.15) is 46.2 Å². The van der Waals surface area contributed by atoms with Gasteiger partial charge in [0.15, 0.2) is 5.82 Å². The van der Waals surface area contributed by atoms with Crippen molar-refractivity contribution in [2.75, 3.05) is 0 Å². The molecule has 0 aliphatic carbocycles. The second-order valence-corrected chi connectivity index (χ2v) is 7.40. The molecule has 6 heteroatoms. The molecule has 0 spiro atoms. The number of pyridine rings is 1. The van der Waals surface area contributed by atoms with Gasteiger partial charge in [0, 0.05) is 41.7 Å². The van der Waals surface area contributed by atoms with Gasteiger partial charge in [0.1, 0.15) is 5.82 Å². The highest BCUT2D eigenvalue weighted by Gasteiger charge is 2.44. The van der Waals surface area contributed by atoms with E-state index >= 15 is 0 Å². The maximum Gasteiger partial charge on any atom is 0.256 e. The summed E-state index contributed by atoms with van der Waals surface area (Å²) in [4.78, 5) is 28.7. The SMILES string of the molecule is Cc1ncccc1C(=O)N1[C@H]2CC[C@@H]1c1cnc(-c3ccc(F)cc3)nc1C2. The van der Waals surface area contributed by atoms with Crippen molar-refractivity contribution in [2.45, 2.75) is 38.3 Å². The van der Waals surface area contributed by atoms with E-state index in [1.54, 1.807) is 24.4 Å². The Kier molecular flexibility index (Phi) is 3.93. The van der Waals surface area contributed by atoms with Crippen molar-refractivity contribution >= 4 is 5.91 Å². The highest BCUT2D eigenvalue weighted by Crippen LogP contribution is 2.44. The monoisotopic (exact) mass is 374 g/mol. The Balaban J connectivity index is 1.50. The molecule has 0 N–H and O–H groups in total. The van der Waals surface area contributed by atoms with Crippen LogP contribution in [0, 0.1) is 12.7 Å². The molecule has 0 radical (unpaired) electrons. The van der Waals surface area contributed by atoms with Gasteiger partial charge >= 0.3 is 0 Å². The van der Waals surface area contributed by atoms with Crippen LogP contribution in [0.2, 0.25) is 0 Å². The van der Waals surface area contributed by atoms with Gasteiger partial charge in [-0.1, -0.05) is 0 Å². The molecule has 1 saturated heterocycles. The molecule has 1 fully saturated rings. The summed E-state index contributed by atoms with van der Waals surface area (Å²) in [5.41, 5.74) is 4.22. The second kappa shape index (κ2) is 6.48. The van der Waals surface area contributed by atoms with Crippen LogP contribution in [-0.2, 0) is 6.42 Å². The molecule has 5 nitrogen and oxygen atoms in total. The number of nitrogens with zero attached hydrogens (tertiary/aromatic N) is 4. The third-order valence-electron chi connectivity index (χ3n) is 5.76. The number of benzene rings is 1. The molecular weight excluding hydrogens is 355 g/mol. The van der Waals surface area contributed by atoms with Gasteiger partial charge in [-0.2, -0.15) is 0 Å². The number of hydrogen-bond acceptors (Lipinski definition) is 4. The van der Waals surface area contributed by atoms with Crippen molar-refractivity contribution in [2.24, 2.45) is 0 Å². The lowest BCUT2D eigenvalue weighted by molar-refractivity contribution is 0.0642. The Hall–Kier alpha value is -3.15. The Labute approximate surface area is 162 Å². The summed E-state index contributed by atoms with van der Waals surface area (Å²) in [5, 5.41) is 0. The summed E-state index contributed by atoms with van der Waals surface area (Å²) in [5.74, 6) is 0.354. The summed E-state index contributed by atoms with van der Waals surface area (Å²) in [6.45, 7) is 1.87. The zero-order valence-corrected chi connectivity index (χ0v) is 15.5.